The second kappa shape index (κ2) is 7.01. The highest BCUT2D eigenvalue weighted by Gasteiger charge is 2.24. The number of hydrogen-bond acceptors (Lipinski definition) is 1. The summed E-state index contributed by atoms with van der Waals surface area (Å²) in [6.07, 6.45) is 2.64. The smallest absolute Gasteiger partial charge is 0.231 e. The molecule has 0 aliphatic carbocycles. The molecule has 0 N–H and O–H groups in total. The van der Waals surface area contributed by atoms with E-state index < -0.39 is 0 Å². The van der Waals surface area contributed by atoms with Gasteiger partial charge in [0.2, 0.25) is 5.91 Å². The van der Waals surface area contributed by atoms with Gasteiger partial charge in [-0.1, -0.05) is 72.8 Å². The fourth-order valence-electron chi connectivity index (χ4n) is 3.63. The molecule has 1 amide bonds. The van der Waals surface area contributed by atoms with Crippen LogP contribution in [0.4, 0.5) is 5.69 Å². The van der Waals surface area contributed by atoms with Gasteiger partial charge in [0, 0.05) is 12.1 Å². The van der Waals surface area contributed by atoms with Crippen LogP contribution in [0.25, 0.3) is 11.6 Å². The molecule has 0 atom stereocenters. The van der Waals surface area contributed by atoms with Gasteiger partial charge in [-0.2, -0.15) is 0 Å². The summed E-state index contributed by atoms with van der Waals surface area (Å²) in [4.78, 5) is 14.8. The van der Waals surface area contributed by atoms with E-state index in [4.69, 9.17) is 0 Å². The number of likely N-dealkylation sites (N-methyl/N-ethyl adjacent to an activating group) is 1. The van der Waals surface area contributed by atoms with Gasteiger partial charge in [-0.15, -0.1) is 0 Å². The lowest BCUT2D eigenvalue weighted by Gasteiger charge is -2.28. The molecule has 0 unspecified atom stereocenters. The number of nitrogens with zero attached hydrogens (tertiary/aromatic N) is 1. The van der Waals surface area contributed by atoms with Crippen LogP contribution in [0.2, 0.25) is 0 Å². The monoisotopic (exact) mass is 339 g/mol. The minimum absolute atomic E-state index is 0.145. The van der Waals surface area contributed by atoms with Crippen molar-refractivity contribution in [2.45, 2.75) is 13.3 Å². The molecule has 26 heavy (non-hydrogen) atoms. The summed E-state index contributed by atoms with van der Waals surface area (Å²) < 4.78 is 0. The average Bonchev–Trinajstić information content (AvgIpc) is 2.68. The lowest BCUT2D eigenvalue weighted by atomic mass is 9.88. The zero-order valence-electron chi connectivity index (χ0n) is 14.9. The van der Waals surface area contributed by atoms with Crippen molar-refractivity contribution in [2.24, 2.45) is 0 Å². The Bertz CT molecular complexity index is 972. The molecule has 3 aromatic rings. The SMILES string of the molecule is CCN1C(=O)Cc2ccccc2/C(=C/c2ccccc2)c2ccccc21. The third kappa shape index (κ3) is 2.95. The van der Waals surface area contributed by atoms with Crippen LogP contribution >= 0.6 is 0 Å². The molecule has 2 nitrogen and oxygen atoms in total. The molecule has 1 aliphatic heterocycles. The quantitative estimate of drug-likeness (QED) is 0.629. The number of hydrogen-bond donors (Lipinski definition) is 0. The summed E-state index contributed by atoms with van der Waals surface area (Å²) >= 11 is 0. The number of carbonyl (C=O) groups is 1. The average molecular weight is 339 g/mol. The lowest BCUT2D eigenvalue weighted by Crippen LogP contribution is -2.34. The van der Waals surface area contributed by atoms with E-state index in [9.17, 15) is 4.79 Å². The number of benzene rings is 3. The second-order valence-corrected chi connectivity index (χ2v) is 6.46. The van der Waals surface area contributed by atoms with E-state index in [2.05, 4.69) is 48.5 Å². The van der Waals surface area contributed by atoms with Crippen molar-refractivity contribution in [1.29, 1.82) is 0 Å². The van der Waals surface area contributed by atoms with E-state index in [1.165, 1.54) is 0 Å². The van der Waals surface area contributed by atoms with E-state index in [0.29, 0.717) is 13.0 Å². The number of para-hydroxylation sites is 1. The maximum atomic E-state index is 12.9. The maximum Gasteiger partial charge on any atom is 0.231 e. The predicted octanol–water partition coefficient (Wildman–Crippen LogP) is 5.18. The van der Waals surface area contributed by atoms with Crippen molar-refractivity contribution in [2.75, 3.05) is 11.4 Å². The normalized spacial score (nSPS) is 15.2. The molecule has 0 saturated heterocycles. The molecule has 3 aromatic carbocycles. The highest BCUT2D eigenvalue weighted by Crippen LogP contribution is 2.37. The molecule has 4 rings (SSSR count). The van der Waals surface area contributed by atoms with E-state index in [-0.39, 0.29) is 5.91 Å². The molecule has 0 fully saturated rings. The van der Waals surface area contributed by atoms with Crippen LogP contribution in [0.1, 0.15) is 29.2 Å². The molecule has 0 saturated carbocycles. The van der Waals surface area contributed by atoms with Crippen LogP contribution < -0.4 is 4.90 Å². The summed E-state index contributed by atoms with van der Waals surface area (Å²) in [7, 11) is 0. The largest absolute Gasteiger partial charge is 0.312 e. The fourth-order valence-corrected chi connectivity index (χ4v) is 3.63. The third-order valence-electron chi connectivity index (χ3n) is 4.86. The first kappa shape index (κ1) is 16.3. The Balaban J connectivity index is 2.02. The number of rotatable bonds is 2. The van der Waals surface area contributed by atoms with Crippen LogP contribution in [0.15, 0.2) is 78.9 Å². The molecule has 0 radical (unpaired) electrons. The zero-order chi connectivity index (χ0) is 17.9. The van der Waals surface area contributed by atoms with Gasteiger partial charge in [0.25, 0.3) is 0 Å². The third-order valence-corrected chi connectivity index (χ3v) is 4.86. The maximum absolute atomic E-state index is 12.9. The van der Waals surface area contributed by atoms with Crippen molar-refractivity contribution in [1.82, 2.24) is 0 Å². The van der Waals surface area contributed by atoms with Gasteiger partial charge in [-0.3, -0.25) is 4.79 Å². The van der Waals surface area contributed by atoms with Crippen LogP contribution in [-0.4, -0.2) is 12.5 Å². The molecule has 0 spiro atoms. The Labute approximate surface area is 154 Å². The minimum atomic E-state index is 0.145. The van der Waals surface area contributed by atoms with Crippen molar-refractivity contribution in [3.8, 4) is 0 Å². The van der Waals surface area contributed by atoms with Crippen LogP contribution in [0, 0.1) is 0 Å². The number of amides is 1. The first-order chi connectivity index (χ1) is 12.8. The highest BCUT2D eigenvalue weighted by molar-refractivity contribution is 6.05. The Hall–Kier alpha value is -3.13. The zero-order valence-corrected chi connectivity index (χ0v) is 14.9. The van der Waals surface area contributed by atoms with Crippen molar-refractivity contribution >= 4 is 23.2 Å². The molecule has 1 heterocycles. The van der Waals surface area contributed by atoms with Crippen LogP contribution in [0.3, 0.4) is 0 Å². The van der Waals surface area contributed by atoms with Gasteiger partial charge in [-0.25, -0.2) is 0 Å². The first-order valence-corrected chi connectivity index (χ1v) is 9.02. The summed E-state index contributed by atoms with van der Waals surface area (Å²) in [5.74, 6) is 0.145. The van der Waals surface area contributed by atoms with Gasteiger partial charge in [-0.05, 0) is 41.3 Å². The van der Waals surface area contributed by atoms with Gasteiger partial charge >= 0.3 is 0 Å². The second-order valence-electron chi connectivity index (χ2n) is 6.46. The van der Waals surface area contributed by atoms with Crippen LogP contribution in [-0.2, 0) is 11.2 Å². The van der Waals surface area contributed by atoms with Crippen LogP contribution in [0.5, 0.6) is 0 Å². The summed E-state index contributed by atoms with van der Waals surface area (Å²) in [5.41, 5.74) is 6.60. The lowest BCUT2D eigenvalue weighted by molar-refractivity contribution is -0.117. The first-order valence-electron chi connectivity index (χ1n) is 9.02. The van der Waals surface area contributed by atoms with E-state index in [1.54, 1.807) is 0 Å². The van der Waals surface area contributed by atoms with Crippen molar-refractivity contribution < 1.29 is 4.79 Å². The van der Waals surface area contributed by atoms with E-state index >= 15 is 0 Å². The molecule has 1 aliphatic rings. The Kier molecular flexibility index (Phi) is 4.40. The standard InChI is InChI=1S/C24H21NO/c1-2-25-23-15-9-8-14-21(23)22(16-18-10-4-3-5-11-18)20-13-7-6-12-19(20)17-24(25)26/h3-16H,2,17H2,1H3/b22-16-. The molecular weight excluding hydrogens is 318 g/mol. The van der Waals surface area contributed by atoms with Gasteiger partial charge < -0.3 is 4.90 Å². The van der Waals surface area contributed by atoms with Crippen molar-refractivity contribution in [3.05, 3.63) is 101 Å². The number of carbonyl (C=O) groups excluding carboxylic acids is 1. The Morgan fingerprint density at radius 2 is 1.50 bits per heavy atom. The number of fused-ring (bicyclic) bond motifs is 2. The molecule has 128 valence electrons. The Morgan fingerprint density at radius 3 is 2.27 bits per heavy atom. The minimum Gasteiger partial charge on any atom is -0.312 e. The molecule has 0 bridgehead atoms. The van der Waals surface area contributed by atoms with Gasteiger partial charge in [0.05, 0.1) is 12.1 Å². The molecular formula is C24H21NO. The fraction of sp³-hybridized carbons (Fsp3) is 0.125. The van der Waals surface area contributed by atoms with E-state index in [1.807, 2.05) is 48.2 Å². The van der Waals surface area contributed by atoms with Gasteiger partial charge in [0.15, 0.2) is 0 Å². The number of anilines is 1. The molecule has 0 aromatic heterocycles. The molecule has 2 heteroatoms. The predicted molar refractivity (Wildman–Crippen MR) is 108 cm³/mol. The topological polar surface area (TPSA) is 20.3 Å². The Morgan fingerprint density at radius 1 is 0.846 bits per heavy atom. The van der Waals surface area contributed by atoms with E-state index in [0.717, 1.165) is 33.5 Å². The van der Waals surface area contributed by atoms with Crippen molar-refractivity contribution in [3.63, 3.8) is 0 Å². The van der Waals surface area contributed by atoms with Gasteiger partial charge in [0.1, 0.15) is 0 Å². The summed E-state index contributed by atoms with van der Waals surface area (Å²) in [6, 6.07) is 26.8. The summed E-state index contributed by atoms with van der Waals surface area (Å²) in [5, 5.41) is 0. The highest BCUT2D eigenvalue weighted by atomic mass is 16.2. The summed E-state index contributed by atoms with van der Waals surface area (Å²) in [6.45, 7) is 2.69.